The predicted molar refractivity (Wildman–Crippen MR) is 148 cm³/mol. The number of ether oxygens (including phenoxy) is 1. The van der Waals surface area contributed by atoms with Gasteiger partial charge in [0.25, 0.3) is 5.91 Å². The molecule has 0 fully saturated rings. The van der Waals surface area contributed by atoms with Crippen molar-refractivity contribution in [3.05, 3.63) is 93.0 Å². The van der Waals surface area contributed by atoms with E-state index in [2.05, 4.69) is 21.7 Å². The number of nitrogens with one attached hydrogen (secondary N) is 2. The number of carbonyl (C=O) groups is 3. The Morgan fingerprint density at radius 3 is 2.49 bits per heavy atom. The number of dihydropyridines is 1. The second kappa shape index (κ2) is 11.1. The molecule has 0 bridgehead atoms. The number of hydroxylamine groups is 2. The third-order valence-electron chi connectivity index (χ3n) is 6.95. The van der Waals surface area contributed by atoms with Gasteiger partial charge in [-0.2, -0.15) is 4.76 Å². The second-order valence-electron chi connectivity index (χ2n) is 9.39. The summed E-state index contributed by atoms with van der Waals surface area (Å²) in [7, 11) is 1.30. The normalized spacial score (nSPS) is 21.1. The summed E-state index contributed by atoms with van der Waals surface area (Å²) < 4.78 is 3.85. The zero-order chi connectivity index (χ0) is 28.3. The number of benzene rings is 2. The predicted octanol–water partition coefficient (Wildman–Crippen LogP) is 4.07. The van der Waals surface area contributed by atoms with E-state index in [1.807, 2.05) is 6.07 Å². The Kier molecular flexibility index (Phi) is 7.81. The van der Waals surface area contributed by atoms with E-state index in [-0.39, 0.29) is 13.0 Å². The van der Waals surface area contributed by atoms with Crippen LogP contribution < -0.4 is 10.6 Å². The molecule has 2 aliphatic heterocycles. The standard InChI is InChI=1S/C30H30N4O5/c1-6-20-9-8-10-22(17-20)28-26(18(3)31-19(4)27(28)30(37)39-5)29(36)32-23-13-11-21(12-14-23)24-15-16-25(35)34(38,7-2)33-24/h1,8-14,17,28,31H,7,15-16H2,2-5H3,(H,32,36). The van der Waals surface area contributed by atoms with Gasteiger partial charge < -0.3 is 20.6 Å². The van der Waals surface area contributed by atoms with Crippen molar-refractivity contribution in [2.45, 2.75) is 39.5 Å². The van der Waals surface area contributed by atoms with E-state index >= 15 is 0 Å². The lowest BCUT2D eigenvalue weighted by Crippen LogP contribution is -2.46. The Labute approximate surface area is 227 Å². The molecule has 2 N–H and O–H groups in total. The highest BCUT2D eigenvalue weighted by Crippen LogP contribution is 2.39. The highest BCUT2D eigenvalue weighted by Gasteiger charge is 2.37. The third kappa shape index (κ3) is 5.39. The number of hydrogen-bond acceptors (Lipinski definition) is 7. The van der Waals surface area contributed by atoms with Crippen molar-refractivity contribution in [1.82, 2.24) is 5.32 Å². The first-order chi connectivity index (χ1) is 18.6. The van der Waals surface area contributed by atoms with Gasteiger partial charge in [-0.05, 0) is 50.6 Å². The maximum absolute atomic E-state index is 13.7. The van der Waals surface area contributed by atoms with Crippen LogP contribution in [-0.4, -0.2) is 41.9 Å². The van der Waals surface area contributed by atoms with E-state index in [0.29, 0.717) is 57.1 Å². The molecule has 2 heterocycles. The van der Waals surface area contributed by atoms with Crippen molar-refractivity contribution < 1.29 is 23.9 Å². The number of anilines is 1. The number of amides is 2. The highest BCUT2D eigenvalue weighted by molar-refractivity contribution is 6.09. The fourth-order valence-electron chi connectivity index (χ4n) is 4.91. The number of rotatable bonds is 6. The summed E-state index contributed by atoms with van der Waals surface area (Å²) in [5.74, 6) is 0.485. The molecule has 2 unspecified atom stereocenters. The van der Waals surface area contributed by atoms with E-state index in [1.165, 1.54) is 7.11 Å². The van der Waals surface area contributed by atoms with E-state index in [4.69, 9.17) is 11.2 Å². The molecule has 0 radical (unpaired) electrons. The van der Waals surface area contributed by atoms with Crippen LogP contribution in [0.4, 0.5) is 5.69 Å². The van der Waals surface area contributed by atoms with Crippen LogP contribution >= 0.6 is 0 Å². The summed E-state index contributed by atoms with van der Waals surface area (Å²) in [6.45, 7) is 5.20. The molecule has 2 aromatic rings. The lowest BCUT2D eigenvalue weighted by atomic mass is 9.79. The molecule has 0 saturated carbocycles. The summed E-state index contributed by atoms with van der Waals surface area (Å²) in [5.41, 5.74) is 4.93. The largest absolute Gasteiger partial charge is 0.597 e. The first kappa shape index (κ1) is 27.5. The number of carbonyl (C=O) groups excluding carboxylic acids is 3. The number of esters is 1. The van der Waals surface area contributed by atoms with Crippen LogP contribution in [0, 0.1) is 17.6 Å². The number of nitrogens with zero attached hydrogens (tertiary/aromatic N) is 2. The fourth-order valence-corrected chi connectivity index (χ4v) is 4.91. The molecule has 0 saturated heterocycles. The molecule has 4 rings (SSSR count). The van der Waals surface area contributed by atoms with Gasteiger partial charge in [-0.3, -0.25) is 4.79 Å². The maximum Gasteiger partial charge on any atom is 0.340 e. The first-order valence-electron chi connectivity index (χ1n) is 12.6. The number of allylic oxidation sites excluding steroid dienone is 2. The van der Waals surface area contributed by atoms with E-state index in [1.54, 1.807) is 63.2 Å². The summed E-state index contributed by atoms with van der Waals surface area (Å²) >= 11 is 0. The van der Waals surface area contributed by atoms with Gasteiger partial charge in [0.1, 0.15) is 12.3 Å². The van der Waals surface area contributed by atoms with Crippen molar-refractivity contribution >= 4 is 29.2 Å². The van der Waals surface area contributed by atoms with Gasteiger partial charge in [-0.15, -0.1) is 6.42 Å². The summed E-state index contributed by atoms with van der Waals surface area (Å²) in [5, 5.41) is 22.8. The second-order valence-corrected chi connectivity index (χ2v) is 9.39. The van der Waals surface area contributed by atoms with Gasteiger partial charge in [0.15, 0.2) is 0 Å². The topological polar surface area (TPSA) is 120 Å². The minimum absolute atomic E-state index is 0.0336. The van der Waals surface area contributed by atoms with E-state index < -0.39 is 28.5 Å². The SMILES string of the molecule is C#Cc1cccc(C2C(C(=O)Nc3ccc(C4=N[N+]([O-])(CC)C(=O)CC4)cc3)=C(C)NC(C)=C2C(=O)OC)c1. The number of quaternary nitrogens is 1. The number of methoxy groups -OCH3 is 1. The molecule has 2 amide bonds. The van der Waals surface area contributed by atoms with Crippen LogP contribution in [0.5, 0.6) is 0 Å². The lowest BCUT2D eigenvalue weighted by molar-refractivity contribution is -0.810. The monoisotopic (exact) mass is 526 g/mol. The number of hydrogen-bond donors (Lipinski definition) is 2. The first-order valence-corrected chi connectivity index (χ1v) is 12.6. The molecule has 0 aromatic heterocycles. The van der Waals surface area contributed by atoms with E-state index in [9.17, 15) is 19.6 Å². The molecular weight excluding hydrogens is 496 g/mol. The molecule has 0 spiro atoms. The Bertz CT molecular complexity index is 1480. The van der Waals surface area contributed by atoms with Crippen LogP contribution in [0.1, 0.15) is 56.2 Å². The average molecular weight is 527 g/mol. The maximum atomic E-state index is 13.7. The minimum atomic E-state index is -1.22. The molecule has 9 heteroatoms. The molecular formula is C30H30N4O5. The molecule has 2 aromatic carbocycles. The fraction of sp³-hybridized carbons (Fsp3) is 0.267. The van der Waals surface area contributed by atoms with Crippen molar-refractivity contribution in [3.8, 4) is 12.3 Å². The van der Waals surface area contributed by atoms with Crippen molar-refractivity contribution in [2.24, 2.45) is 5.10 Å². The van der Waals surface area contributed by atoms with Crippen LogP contribution in [0.2, 0.25) is 0 Å². The van der Waals surface area contributed by atoms with Gasteiger partial charge in [-0.1, -0.05) is 35.3 Å². The van der Waals surface area contributed by atoms with Crippen LogP contribution in [0.3, 0.4) is 0 Å². The van der Waals surface area contributed by atoms with Crippen molar-refractivity contribution in [1.29, 1.82) is 0 Å². The van der Waals surface area contributed by atoms with Crippen LogP contribution in [-0.2, 0) is 19.1 Å². The number of terminal acetylenes is 1. The third-order valence-corrected chi connectivity index (χ3v) is 6.95. The minimum Gasteiger partial charge on any atom is -0.597 e. The smallest absolute Gasteiger partial charge is 0.340 e. The summed E-state index contributed by atoms with van der Waals surface area (Å²) in [6.07, 6.45) is 6.13. The molecule has 2 aliphatic rings. The lowest BCUT2D eigenvalue weighted by Gasteiger charge is -2.35. The van der Waals surface area contributed by atoms with Gasteiger partial charge in [0.05, 0.1) is 25.0 Å². The van der Waals surface area contributed by atoms with Gasteiger partial charge in [0.2, 0.25) is 0 Å². The molecule has 2 atom stereocenters. The zero-order valence-electron chi connectivity index (χ0n) is 22.3. The van der Waals surface area contributed by atoms with Crippen molar-refractivity contribution in [3.63, 3.8) is 0 Å². The molecule has 9 nitrogen and oxygen atoms in total. The summed E-state index contributed by atoms with van der Waals surface area (Å²) in [6, 6.07) is 14.1. The Hall–Kier alpha value is -4.52. The highest BCUT2D eigenvalue weighted by atomic mass is 16.6. The molecule has 39 heavy (non-hydrogen) atoms. The molecule has 0 aliphatic carbocycles. The van der Waals surface area contributed by atoms with Gasteiger partial charge >= 0.3 is 11.9 Å². The van der Waals surface area contributed by atoms with Crippen LogP contribution in [0.25, 0.3) is 0 Å². The Morgan fingerprint density at radius 1 is 1.15 bits per heavy atom. The quantitative estimate of drug-likeness (QED) is 0.253. The molecule has 200 valence electrons. The zero-order valence-corrected chi connectivity index (χ0v) is 22.3. The Morgan fingerprint density at radius 2 is 1.85 bits per heavy atom. The van der Waals surface area contributed by atoms with Gasteiger partial charge in [0, 0.05) is 40.2 Å². The van der Waals surface area contributed by atoms with E-state index in [0.717, 1.165) is 0 Å². The average Bonchev–Trinajstić information content (AvgIpc) is 2.94. The Balaban J connectivity index is 1.66. The van der Waals surface area contributed by atoms with Crippen molar-refractivity contribution in [2.75, 3.05) is 19.0 Å². The van der Waals surface area contributed by atoms with Gasteiger partial charge in [-0.25, -0.2) is 9.59 Å². The van der Waals surface area contributed by atoms with Crippen LogP contribution in [0.15, 0.2) is 76.2 Å². The summed E-state index contributed by atoms with van der Waals surface area (Å²) in [4.78, 5) is 38.6.